The summed E-state index contributed by atoms with van der Waals surface area (Å²) < 4.78 is 0. The molecule has 0 bridgehead atoms. The predicted molar refractivity (Wildman–Crippen MR) is 221 cm³/mol. The molecule has 53 heavy (non-hydrogen) atoms. The van der Waals surface area contributed by atoms with E-state index in [4.69, 9.17) is 0 Å². The molecule has 2 nitrogen and oxygen atoms in total. The molecule has 0 radical (unpaired) electrons. The highest BCUT2D eigenvalue weighted by Crippen LogP contribution is 2.65. The Morgan fingerprint density at radius 1 is 0.302 bits per heavy atom. The molecule has 0 N–H and O–H groups in total. The lowest BCUT2D eigenvalue weighted by Crippen LogP contribution is -2.51. The maximum absolute atomic E-state index is 3.38. The van der Waals surface area contributed by atoms with E-state index < -0.39 is 0 Å². The maximum atomic E-state index is 3.38. The van der Waals surface area contributed by atoms with Crippen LogP contribution in [0.2, 0.25) is 0 Å². The van der Waals surface area contributed by atoms with Gasteiger partial charge in [-0.3, -0.25) is 9.80 Å². The first-order valence-electron chi connectivity index (χ1n) is 25.6. The van der Waals surface area contributed by atoms with Gasteiger partial charge in [0.05, 0.1) is 0 Å². The van der Waals surface area contributed by atoms with Crippen LogP contribution in [-0.4, -0.2) is 46.1 Å². The van der Waals surface area contributed by atoms with E-state index in [-0.39, 0.29) is 0 Å². The summed E-state index contributed by atoms with van der Waals surface area (Å²) in [6.07, 6.45) is 47.0. The van der Waals surface area contributed by atoms with E-state index >= 15 is 0 Å². The molecule has 0 amide bonds. The maximum Gasteiger partial charge on any atom is 0.0133 e. The van der Waals surface area contributed by atoms with E-state index in [2.05, 4.69) is 23.6 Å². The van der Waals surface area contributed by atoms with Crippen molar-refractivity contribution < 1.29 is 0 Å². The number of rotatable bonds is 4. The number of hydrogen-bond donors (Lipinski definition) is 0. The number of nitrogens with zero attached hydrogens (tertiary/aromatic N) is 2. The van der Waals surface area contributed by atoms with Crippen molar-refractivity contribution in [3.05, 3.63) is 0 Å². The van der Waals surface area contributed by atoms with Crippen LogP contribution in [0.3, 0.4) is 0 Å². The minimum Gasteiger partial charge on any atom is -0.294 e. The molecule has 2 aliphatic heterocycles. The average Bonchev–Trinajstić information content (AvgIpc) is 3.81. The van der Waals surface area contributed by atoms with Gasteiger partial charge in [-0.25, -0.2) is 0 Å². The first-order chi connectivity index (χ1) is 26.0. The highest BCUT2D eigenvalue weighted by molar-refractivity contribution is 5.12. The van der Waals surface area contributed by atoms with Crippen LogP contribution in [0.4, 0.5) is 0 Å². The third kappa shape index (κ3) is 6.08. The van der Waals surface area contributed by atoms with Crippen LogP contribution in [0.25, 0.3) is 0 Å². The largest absolute Gasteiger partial charge is 0.294 e. The van der Waals surface area contributed by atoms with Gasteiger partial charge in [-0.15, -0.1) is 0 Å². The molecule has 9 aliphatic carbocycles. The van der Waals surface area contributed by atoms with Crippen LogP contribution in [-0.2, 0) is 0 Å². The number of hydrogen-bond acceptors (Lipinski definition) is 2. The lowest BCUT2D eigenvalue weighted by Gasteiger charge is -2.48. The highest BCUT2D eigenvalue weighted by atomic mass is 15.3. The second-order valence-electron chi connectivity index (χ2n) is 23.6. The lowest BCUT2D eigenvalue weighted by molar-refractivity contribution is 0.00785. The van der Waals surface area contributed by atoms with Crippen molar-refractivity contribution in [2.75, 3.05) is 0 Å². The number of fused-ring (bicyclic) bond motifs is 9. The first kappa shape index (κ1) is 36.0. The van der Waals surface area contributed by atoms with Crippen LogP contribution >= 0.6 is 0 Å². The number of likely N-dealkylation sites (tertiary alicyclic amines) is 2. The fourth-order valence-electron chi connectivity index (χ4n) is 19.8. The summed E-state index contributed by atoms with van der Waals surface area (Å²) in [6.45, 7) is 5.44. The molecule has 2 heterocycles. The average molecular weight is 725 g/mol. The van der Waals surface area contributed by atoms with Gasteiger partial charge in [0.2, 0.25) is 0 Å². The lowest BCUT2D eigenvalue weighted by atomic mass is 9.62. The van der Waals surface area contributed by atoms with Gasteiger partial charge >= 0.3 is 0 Å². The summed E-state index contributed by atoms with van der Waals surface area (Å²) in [5.74, 6) is 12.7. The Kier molecular flexibility index (Phi) is 9.95. The molecule has 11 fully saturated rings. The van der Waals surface area contributed by atoms with E-state index in [0.717, 1.165) is 107 Å². The Balaban J connectivity index is 0.782. The quantitative estimate of drug-likeness (QED) is 0.285. The Morgan fingerprint density at radius 3 is 1.45 bits per heavy atom. The standard InChI is InChI=1S/C51H84N2/c1-51(2)45-20-9-6-17-39(45)42-32-38(25-26-46(42)51)53-48-22-11-8-19-41(48)44-31-36(24-28-50(44)53)35-23-27-49-43(30-35)40-18-7-10-21-47(40)52(49)37-16-12-15-34(29-37)33-13-4-3-5-14-33/h33-50H,3-32H2,1-2H3. The van der Waals surface area contributed by atoms with E-state index in [1.54, 1.807) is 148 Å². The minimum atomic E-state index is 0.612. The molecule has 0 aromatic carbocycles. The summed E-state index contributed by atoms with van der Waals surface area (Å²) in [6, 6.07) is 5.75. The molecule has 0 aromatic heterocycles. The zero-order chi connectivity index (χ0) is 35.3. The molecule has 17 atom stereocenters. The third-order valence-corrected chi connectivity index (χ3v) is 21.7. The van der Waals surface area contributed by atoms with E-state index in [9.17, 15) is 0 Å². The van der Waals surface area contributed by atoms with E-state index in [0.29, 0.717) is 5.41 Å². The summed E-state index contributed by atoms with van der Waals surface area (Å²) in [5, 5.41) is 0. The summed E-state index contributed by atoms with van der Waals surface area (Å²) in [5.41, 5.74) is 0.612. The Labute approximate surface area is 327 Å². The monoisotopic (exact) mass is 725 g/mol. The van der Waals surface area contributed by atoms with Crippen molar-refractivity contribution in [1.82, 2.24) is 9.80 Å². The van der Waals surface area contributed by atoms with Gasteiger partial charge < -0.3 is 0 Å². The minimum absolute atomic E-state index is 0.612. The van der Waals surface area contributed by atoms with Crippen LogP contribution in [0.1, 0.15) is 206 Å². The van der Waals surface area contributed by atoms with Crippen molar-refractivity contribution >= 4 is 0 Å². The van der Waals surface area contributed by atoms with Crippen molar-refractivity contribution in [3.8, 4) is 0 Å². The molecule has 298 valence electrons. The molecule has 9 saturated carbocycles. The molecule has 11 rings (SSSR count). The SMILES string of the molecule is CC1(C)C2CCCCC2C2CC(N3C4CCCCC4C4CC(C5CCC6C(C5)C5CCCCC5N6C5CCCC(C6CCCCC6)C5)CCC43)CCC21. The van der Waals surface area contributed by atoms with Crippen molar-refractivity contribution in [3.63, 3.8) is 0 Å². The summed E-state index contributed by atoms with van der Waals surface area (Å²) in [7, 11) is 0. The first-order valence-corrected chi connectivity index (χ1v) is 25.6. The highest BCUT2D eigenvalue weighted by Gasteiger charge is 2.60. The van der Waals surface area contributed by atoms with Gasteiger partial charge in [0, 0.05) is 36.3 Å². The topological polar surface area (TPSA) is 6.48 Å². The summed E-state index contributed by atoms with van der Waals surface area (Å²) >= 11 is 0. The van der Waals surface area contributed by atoms with Crippen LogP contribution in [0.15, 0.2) is 0 Å². The van der Waals surface area contributed by atoms with Crippen molar-refractivity contribution in [2.24, 2.45) is 76.4 Å². The molecular formula is C51H84N2. The zero-order valence-electron chi connectivity index (χ0n) is 35.0. The van der Waals surface area contributed by atoms with Gasteiger partial charge in [0.15, 0.2) is 0 Å². The van der Waals surface area contributed by atoms with Gasteiger partial charge in [-0.2, -0.15) is 0 Å². The van der Waals surface area contributed by atoms with Crippen molar-refractivity contribution in [2.45, 2.75) is 243 Å². The van der Waals surface area contributed by atoms with Crippen LogP contribution < -0.4 is 0 Å². The third-order valence-electron chi connectivity index (χ3n) is 21.7. The van der Waals surface area contributed by atoms with Gasteiger partial charge in [0.1, 0.15) is 0 Å². The molecule has 2 heteroatoms. The zero-order valence-corrected chi connectivity index (χ0v) is 35.0. The van der Waals surface area contributed by atoms with Gasteiger partial charge in [0.25, 0.3) is 0 Å². The Bertz CT molecular complexity index is 1270. The van der Waals surface area contributed by atoms with Gasteiger partial charge in [-0.1, -0.05) is 97.3 Å². The van der Waals surface area contributed by atoms with E-state index in [1.807, 2.05) is 0 Å². The molecule has 0 spiro atoms. The van der Waals surface area contributed by atoms with E-state index in [1.165, 1.54) is 44.9 Å². The second-order valence-corrected chi connectivity index (χ2v) is 23.6. The smallest absolute Gasteiger partial charge is 0.0133 e. The van der Waals surface area contributed by atoms with Gasteiger partial charge in [-0.05, 0) is 186 Å². The molecular weight excluding hydrogens is 641 g/mol. The van der Waals surface area contributed by atoms with Crippen molar-refractivity contribution in [1.29, 1.82) is 0 Å². The predicted octanol–water partition coefficient (Wildman–Crippen LogP) is 13.1. The second kappa shape index (κ2) is 14.6. The molecule has 17 unspecified atom stereocenters. The molecule has 0 aromatic rings. The Hall–Kier alpha value is -0.0800. The normalized spacial score (nSPS) is 53.2. The van der Waals surface area contributed by atoms with Crippen LogP contribution in [0, 0.1) is 76.4 Å². The summed E-state index contributed by atoms with van der Waals surface area (Å²) in [4.78, 5) is 6.74. The fraction of sp³-hybridized carbons (Fsp3) is 1.00. The van der Waals surface area contributed by atoms with Crippen LogP contribution in [0.5, 0.6) is 0 Å². The Morgan fingerprint density at radius 2 is 0.792 bits per heavy atom. The fourth-order valence-corrected chi connectivity index (χ4v) is 19.8. The molecule has 11 aliphatic rings. The molecule has 2 saturated heterocycles.